The standard InChI is InChI=1S/C12H30N2O.C9H12O.C4H12N.2CH4.3ClH/c1-11(2)15-12(9-13(3,4)5)10-14(6,7)8;1-8(2)10-9-6-4-3-5-7-9;1-5(2,3)4;;;;;/h11-12H,9-10H2,1-8H3;3-8H,1-2H3;1-4H3;2*1H4;3*1H/q+2;;+1;;;;;/p-3. The van der Waals surface area contributed by atoms with E-state index in [2.05, 4.69) is 84.3 Å². The second-order valence-corrected chi connectivity index (χ2v) is 11.9. The van der Waals surface area contributed by atoms with Crippen molar-refractivity contribution < 1.29 is 60.1 Å². The van der Waals surface area contributed by atoms with Crippen LogP contribution in [0.15, 0.2) is 30.3 Å². The van der Waals surface area contributed by atoms with Crippen LogP contribution in [0.4, 0.5) is 0 Å². The first-order valence-corrected chi connectivity index (χ1v) is 11.1. The topological polar surface area (TPSA) is 18.5 Å². The highest BCUT2D eigenvalue weighted by molar-refractivity contribution is 5.20. The summed E-state index contributed by atoms with van der Waals surface area (Å²) < 4.78 is 14.3. The minimum absolute atomic E-state index is 0. The molecule has 0 bridgehead atoms. The second kappa shape index (κ2) is 24.1. The Morgan fingerprint density at radius 2 is 0.914 bits per heavy atom. The third-order valence-electron chi connectivity index (χ3n) is 3.08. The number of nitrogens with zero attached hydrogens (tertiary/aromatic N) is 3. The predicted octanol–water partition coefficient (Wildman–Crippen LogP) is -3.73. The number of hydrogen-bond donors (Lipinski definition) is 0. The van der Waals surface area contributed by atoms with Gasteiger partial charge in [-0.2, -0.15) is 0 Å². The van der Waals surface area contributed by atoms with Gasteiger partial charge in [-0.1, -0.05) is 33.1 Å². The average molecular weight is 567 g/mol. The van der Waals surface area contributed by atoms with E-state index in [1.807, 2.05) is 44.2 Å². The van der Waals surface area contributed by atoms with Gasteiger partial charge in [0.15, 0.2) is 6.10 Å². The zero-order chi connectivity index (χ0) is 24.2. The van der Waals surface area contributed by atoms with E-state index in [1.165, 1.54) is 0 Å². The molecule has 218 valence electrons. The van der Waals surface area contributed by atoms with Crippen LogP contribution in [0, 0.1) is 0 Å². The van der Waals surface area contributed by atoms with Crippen molar-refractivity contribution in [1.82, 2.24) is 0 Å². The molecule has 0 saturated carbocycles. The van der Waals surface area contributed by atoms with Crippen LogP contribution >= 0.6 is 0 Å². The number of hydrogen-bond acceptors (Lipinski definition) is 2. The molecule has 0 aromatic heterocycles. The van der Waals surface area contributed by atoms with E-state index in [4.69, 9.17) is 9.47 Å². The lowest BCUT2D eigenvalue weighted by molar-refractivity contribution is -0.896. The molecule has 0 fully saturated rings. The SMILES string of the molecule is C.C.CC(C)OC(C[N+](C)(C)C)C[N+](C)(C)C.CC(C)Oc1ccccc1.C[N+](C)(C)C.[Cl-].[Cl-].[Cl-]. The number of halogens is 3. The molecule has 1 aromatic rings. The Hall–Kier alpha value is -0.270. The molecule has 0 aliphatic carbocycles. The van der Waals surface area contributed by atoms with Crippen LogP contribution in [-0.2, 0) is 4.74 Å². The van der Waals surface area contributed by atoms with Crippen molar-refractivity contribution in [3.05, 3.63) is 30.3 Å². The lowest BCUT2D eigenvalue weighted by atomic mass is 10.2. The number of ether oxygens (including phenoxy) is 2. The molecule has 0 aliphatic heterocycles. The lowest BCUT2D eigenvalue weighted by Crippen LogP contribution is -3.00. The van der Waals surface area contributed by atoms with Crippen molar-refractivity contribution >= 4 is 0 Å². The molecule has 0 atom stereocenters. The van der Waals surface area contributed by atoms with Crippen molar-refractivity contribution in [2.75, 3.05) is 83.6 Å². The molecule has 0 saturated heterocycles. The van der Waals surface area contributed by atoms with Crippen LogP contribution in [0.5, 0.6) is 5.75 Å². The first kappa shape index (κ1) is 51.4. The van der Waals surface area contributed by atoms with Crippen LogP contribution in [-0.4, -0.2) is 115 Å². The first-order valence-electron chi connectivity index (χ1n) is 11.1. The van der Waals surface area contributed by atoms with Gasteiger partial charge in [-0.15, -0.1) is 0 Å². The van der Waals surface area contributed by atoms with Crippen LogP contribution in [0.2, 0.25) is 0 Å². The van der Waals surface area contributed by atoms with Crippen molar-refractivity contribution in [2.24, 2.45) is 0 Å². The number of para-hydroxylation sites is 1. The summed E-state index contributed by atoms with van der Waals surface area (Å²) in [6.07, 6.45) is 0.917. The lowest BCUT2D eigenvalue weighted by Gasteiger charge is -2.34. The maximum absolute atomic E-state index is 5.97. The van der Waals surface area contributed by atoms with Crippen LogP contribution in [0.1, 0.15) is 42.5 Å². The quantitative estimate of drug-likeness (QED) is 0.302. The number of rotatable bonds is 8. The van der Waals surface area contributed by atoms with Crippen LogP contribution in [0.25, 0.3) is 0 Å². The summed E-state index contributed by atoms with van der Waals surface area (Å²) in [7, 11) is 21.8. The molecule has 35 heavy (non-hydrogen) atoms. The molecule has 8 heteroatoms. The van der Waals surface area contributed by atoms with Gasteiger partial charge in [0.05, 0.1) is 82.7 Å². The van der Waals surface area contributed by atoms with Gasteiger partial charge in [0, 0.05) is 0 Å². The van der Waals surface area contributed by atoms with Gasteiger partial charge in [-0.3, -0.25) is 0 Å². The first-order chi connectivity index (χ1) is 13.3. The Labute approximate surface area is 240 Å². The third kappa shape index (κ3) is 51.3. The summed E-state index contributed by atoms with van der Waals surface area (Å²) >= 11 is 0. The van der Waals surface area contributed by atoms with Crippen LogP contribution < -0.4 is 42.0 Å². The highest BCUT2D eigenvalue weighted by Crippen LogP contribution is 2.10. The van der Waals surface area contributed by atoms with Gasteiger partial charge in [-0.25, -0.2) is 0 Å². The normalized spacial score (nSPS) is 10.5. The van der Waals surface area contributed by atoms with Gasteiger partial charge in [0.1, 0.15) is 18.8 Å². The smallest absolute Gasteiger partial charge is 0.155 e. The summed E-state index contributed by atoms with van der Waals surface area (Å²) in [6, 6.07) is 9.84. The van der Waals surface area contributed by atoms with Crippen LogP contribution in [0.3, 0.4) is 0 Å². The van der Waals surface area contributed by atoms with E-state index < -0.39 is 0 Å². The van der Waals surface area contributed by atoms with Gasteiger partial charge in [0.2, 0.25) is 0 Å². The van der Waals surface area contributed by atoms with Gasteiger partial charge in [-0.05, 0) is 39.8 Å². The summed E-state index contributed by atoms with van der Waals surface area (Å²) in [6.45, 7) is 10.4. The molecule has 0 N–H and O–H groups in total. The van der Waals surface area contributed by atoms with Gasteiger partial charge >= 0.3 is 0 Å². The fraction of sp³-hybridized carbons (Fsp3) is 0.778. The fourth-order valence-electron chi connectivity index (χ4n) is 2.52. The summed E-state index contributed by atoms with van der Waals surface area (Å²) in [5.74, 6) is 0.942. The molecule has 0 radical (unpaired) electrons. The molecule has 0 heterocycles. The van der Waals surface area contributed by atoms with Crippen molar-refractivity contribution in [3.63, 3.8) is 0 Å². The molecule has 0 spiro atoms. The maximum Gasteiger partial charge on any atom is 0.155 e. The minimum atomic E-state index is 0. The summed E-state index contributed by atoms with van der Waals surface area (Å²) in [5.41, 5.74) is 0. The summed E-state index contributed by atoms with van der Waals surface area (Å²) in [5, 5.41) is 0. The minimum Gasteiger partial charge on any atom is -1.00 e. The molecule has 5 nitrogen and oxygen atoms in total. The molecular formula is C27H62Cl3N3O2. The second-order valence-electron chi connectivity index (χ2n) is 11.9. The van der Waals surface area contributed by atoms with Crippen molar-refractivity contribution in [1.29, 1.82) is 0 Å². The third-order valence-corrected chi connectivity index (χ3v) is 3.08. The summed E-state index contributed by atoms with van der Waals surface area (Å²) in [4.78, 5) is 0. The van der Waals surface area contributed by atoms with E-state index in [1.54, 1.807) is 0 Å². The maximum atomic E-state index is 5.97. The van der Waals surface area contributed by atoms with E-state index in [9.17, 15) is 0 Å². The van der Waals surface area contributed by atoms with Crippen molar-refractivity contribution in [2.45, 2.75) is 60.9 Å². The van der Waals surface area contributed by atoms with Gasteiger partial charge in [0.25, 0.3) is 0 Å². The Morgan fingerprint density at radius 1 is 0.600 bits per heavy atom. The molecular weight excluding hydrogens is 505 g/mol. The van der Waals surface area contributed by atoms with E-state index in [-0.39, 0.29) is 58.2 Å². The number of likely N-dealkylation sites (N-methyl/N-ethyl adjacent to an activating group) is 2. The Bertz CT molecular complexity index is 517. The Morgan fingerprint density at radius 3 is 1.14 bits per heavy atom. The van der Waals surface area contributed by atoms with Crippen molar-refractivity contribution in [3.8, 4) is 5.75 Å². The number of benzene rings is 1. The monoisotopic (exact) mass is 565 g/mol. The Kier molecular flexibility index (Phi) is 35.4. The van der Waals surface area contributed by atoms with Gasteiger partial charge < -0.3 is 60.1 Å². The zero-order valence-electron chi connectivity index (χ0n) is 23.8. The Balaban J connectivity index is -0.0000000691. The molecule has 1 rings (SSSR count). The molecule has 0 amide bonds. The van der Waals surface area contributed by atoms with E-state index in [0.29, 0.717) is 12.2 Å². The molecule has 0 unspecified atom stereocenters. The van der Waals surface area contributed by atoms with E-state index in [0.717, 1.165) is 32.3 Å². The van der Waals surface area contributed by atoms with E-state index >= 15 is 0 Å². The highest BCUT2D eigenvalue weighted by Gasteiger charge is 2.25. The number of quaternary nitrogens is 3. The zero-order valence-corrected chi connectivity index (χ0v) is 26.1. The predicted molar refractivity (Wildman–Crippen MR) is 145 cm³/mol. The highest BCUT2D eigenvalue weighted by atomic mass is 35.5. The fourth-order valence-corrected chi connectivity index (χ4v) is 2.52. The molecule has 0 aliphatic rings. The largest absolute Gasteiger partial charge is 1.00 e. The molecule has 1 aromatic carbocycles. The average Bonchev–Trinajstić information content (AvgIpc) is 2.41.